The summed E-state index contributed by atoms with van der Waals surface area (Å²) in [5.74, 6) is 0.222. The summed E-state index contributed by atoms with van der Waals surface area (Å²) in [4.78, 5) is 12.5. The van der Waals surface area contributed by atoms with Crippen molar-refractivity contribution in [2.24, 2.45) is 23.5 Å². The van der Waals surface area contributed by atoms with Gasteiger partial charge in [0.05, 0.1) is 12.5 Å². The highest BCUT2D eigenvalue weighted by molar-refractivity contribution is 5.93. The molecule has 5 nitrogen and oxygen atoms in total. The number of fused-ring (bicyclic) bond motifs is 2. The predicted octanol–water partition coefficient (Wildman–Crippen LogP) is 2.58. The molecule has 3 rings (SSSR count). The van der Waals surface area contributed by atoms with E-state index in [2.05, 4.69) is 5.32 Å². The molecule has 2 saturated carbocycles. The van der Waals surface area contributed by atoms with Gasteiger partial charge in [0, 0.05) is 24.9 Å². The highest BCUT2D eigenvalue weighted by Gasteiger charge is 2.49. The molecule has 2 aliphatic rings. The van der Waals surface area contributed by atoms with Crippen molar-refractivity contribution in [1.29, 1.82) is 0 Å². The standard InChI is InChI=1S/C17H23FN2O3.ClH/c1-22-6-7-23-14-5-4-12(9-13(14)18)20-17(21)15-10-2-3-11(8-10)16(15)19;/h4-5,9-11,15-16H,2-3,6-8,19H2,1H3,(H,20,21);1H. The van der Waals surface area contributed by atoms with Gasteiger partial charge in [-0.25, -0.2) is 4.39 Å². The topological polar surface area (TPSA) is 73.6 Å². The van der Waals surface area contributed by atoms with E-state index in [0.29, 0.717) is 24.1 Å². The smallest absolute Gasteiger partial charge is 0.229 e. The van der Waals surface area contributed by atoms with Crippen molar-refractivity contribution in [3.8, 4) is 5.75 Å². The van der Waals surface area contributed by atoms with Crippen LogP contribution in [0.3, 0.4) is 0 Å². The van der Waals surface area contributed by atoms with Crippen LogP contribution in [0.15, 0.2) is 18.2 Å². The zero-order valence-electron chi connectivity index (χ0n) is 13.7. The molecule has 7 heteroatoms. The van der Waals surface area contributed by atoms with E-state index in [1.807, 2.05) is 0 Å². The molecule has 24 heavy (non-hydrogen) atoms. The minimum atomic E-state index is -0.504. The summed E-state index contributed by atoms with van der Waals surface area (Å²) in [7, 11) is 1.55. The summed E-state index contributed by atoms with van der Waals surface area (Å²) in [6.45, 7) is 0.666. The van der Waals surface area contributed by atoms with Crippen molar-refractivity contribution in [3.63, 3.8) is 0 Å². The number of rotatable bonds is 6. The summed E-state index contributed by atoms with van der Waals surface area (Å²) in [5, 5.41) is 2.80. The van der Waals surface area contributed by atoms with Crippen LogP contribution in [0, 0.1) is 23.6 Å². The summed E-state index contributed by atoms with van der Waals surface area (Å²) < 4.78 is 24.1. The third kappa shape index (κ3) is 3.82. The maximum atomic E-state index is 14.0. The number of nitrogens with two attached hydrogens (primary N) is 1. The Hall–Kier alpha value is -1.37. The first kappa shape index (κ1) is 19.0. The van der Waals surface area contributed by atoms with Crippen molar-refractivity contribution in [2.75, 3.05) is 25.6 Å². The lowest BCUT2D eigenvalue weighted by Gasteiger charge is -2.27. The lowest BCUT2D eigenvalue weighted by Crippen LogP contribution is -2.42. The van der Waals surface area contributed by atoms with Gasteiger partial charge in [0.15, 0.2) is 11.6 Å². The highest BCUT2D eigenvalue weighted by atomic mass is 35.5. The van der Waals surface area contributed by atoms with Crippen LogP contribution < -0.4 is 15.8 Å². The maximum Gasteiger partial charge on any atom is 0.229 e. The molecule has 2 bridgehead atoms. The Bertz CT molecular complexity index is 585. The van der Waals surface area contributed by atoms with E-state index in [9.17, 15) is 9.18 Å². The second kappa shape index (κ2) is 8.14. The molecule has 134 valence electrons. The fourth-order valence-electron chi connectivity index (χ4n) is 3.88. The van der Waals surface area contributed by atoms with Gasteiger partial charge in [-0.05, 0) is 43.2 Å². The van der Waals surface area contributed by atoms with E-state index in [4.69, 9.17) is 15.2 Å². The maximum absolute atomic E-state index is 14.0. The molecule has 0 heterocycles. The number of nitrogens with one attached hydrogen (secondary N) is 1. The summed E-state index contributed by atoms with van der Waals surface area (Å²) in [6, 6.07) is 4.36. The number of halogens is 2. The third-order valence-electron chi connectivity index (χ3n) is 5.03. The number of amides is 1. The molecule has 4 unspecified atom stereocenters. The van der Waals surface area contributed by atoms with Gasteiger partial charge in [0.1, 0.15) is 6.61 Å². The van der Waals surface area contributed by atoms with E-state index >= 15 is 0 Å². The summed E-state index contributed by atoms with van der Waals surface area (Å²) >= 11 is 0. The summed E-state index contributed by atoms with van der Waals surface area (Å²) in [5.41, 5.74) is 6.61. The van der Waals surface area contributed by atoms with E-state index < -0.39 is 5.82 Å². The van der Waals surface area contributed by atoms with Gasteiger partial charge in [0.25, 0.3) is 0 Å². The Kier molecular flexibility index (Phi) is 6.43. The van der Waals surface area contributed by atoms with Gasteiger partial charge >= 0.3 is 0 Å². The SMILES string of the molecule is COCCOc1ccc(NC(=O)C2C3CCC(C3)C2N)cc1F.Cl. The molecule has 0 radical (unpaired) electrons. The molecular formula is C17H24ClFN2O3. The van der Waals surface area contributed by atoms with E-state index in [1.54, 1.807) is 13.2 Å². The van der Waals surface area contributed by atoms with Gasteiger partial charge in [-0.1, -0.05) is 0 Å². The zero-order chi connectivity index (χ0) is 16.4. The molecule has 1 aromatic carbocycles. The number of carbonyl (C=O) groups excluding carboxylic acids is 1. The lowest BCUT2D eigenvalue weighted by molar-refractivity contribution is -0.121. The number of methoxy groups -OCH3 is 1. The van der Waals surface area contributed by atoms with Crippen molar-refractivity contribution in [2.45, 2.75) is 25.3 Å². The largest absolute Gasteiger partial charge is 0.488 e. The van der Waals surface area contributed by atoms with Crippen LogP contribution in [0.1, 0.15) is 19.3 Å². The molecule has 0 aliphatic heterocycles. The highest BCUT2D eigenvalue weighted by Crippen LogP contribution is 2.47. The van der Waals surface area contributed by atoms with Crippen molar-refractivity contribution < 1.29 is 18.7 Å². The van der Waals surface area contributed by atoms with Crippen LogP contribution in [0.5, 0.6) is 5.75 Å². The molecule has 0 saturated heterocycles. The van der Waals surface area contributed by atoms with Gasteiger partial charge in [-0.3, -0.25) is 4.79 Å². The van der Waals surface area contributed by atoms with E-state index in [1.165, 1.54) is 12.1 Å². The minimum Gasteiger partial charge on any atom is -0.488 e. The van der Waals surface area contributed by atoms with Gasteiger partial charge in [-0.2, -0.15) is 0 Å². The van der Waals surface area contributed by atoms with Gasteiger partial charge < -0.3 is 20.5 Å². The molecule has 1 amide bonds. The van der Waals surface area contributed by atoms with Crippen LogP contribution in [-0.2, 0) is 9.53 Å². The molecule has 1 aromatic rings. The Balaban J connectivity index is 0.00000208. The van der Waals surface area contributed by atoms with E-state index in [-0.39, 0.29) is 42.6 Å². The average molecular weight is 359 g/mol. The predicted molar refractivity (Wildman–Crippen MR) is 91.9 cm³/mol. The molecule has 2 fully saturated rings. The number of hydrogen-bond acceptors (Lipinski definition) is 4. The van der Waals surface area contributed by atoms with Crippen LogP contribution in [-0.4, -0.2) is 32.3 Å². The number of carbonyl (C=O) groups is 1. The van der Waals surface area contributed by atoms with Crippen LogP contribution in [0.2, 0.25) is 0 Å². The fourth-order valence-corrected chi connectivity index (χ4v) is 3.88. The molecule has 4 atom stereocenters. The molecule has 3 N–H and O–H groups in total. The molecule has 2 aliphatic carbocycles. The molecular weight excluding hydrogens is 335 g/mol. The van der Waals surface area contributed by atoms with Gasteiger partial charge in [0.2, 0.25) is 5.91 Å². The Morgan fingerprint density at radius 3 is 2.71 bits per heavy atom. The molecule has 0 aromatic heterocycles. The third-order valence-corrected chi connectivity index (χ3v) is 5.03. The average Bonchev–Trinajstić information content (AvgIpc) is 3.10. The monoisotopic (exact) mass is 358 g/mol. The second-order valence-electron chi connectivity index (χ2n) is 6.41. The fraction of sp³-hybridized carbons (Fsp3) is 0.588. The Morgan fingerprint density at radius 1 is 1.33 bits per heavy atom. The van der Waals surface area contributed by atoms with Crippen LogP contribution in [0.25, 0.3) is 0 Å². The zero-order valence-corrected chi connectivity index (χ0v) is 14.5. The number of anilines is 1. The first-order chi connectivity index (χ1) is 11.1. The first-order valence-corrected chi connectivity index (χ1v) is 8.08. The minimum absolute atomic E-state index is 0. The lowest BCUT2D eigenvalue weighted by atomic mass is 9.84. The van der Waals surface area contributed by atoms with Crippen LogP contribution >= 0.6 is 12.4 Å². The van der Waals surface area contributed by atoms with Gasteiger partial charge in [-0.15, -0.1) is 12.4 Å². The van der Waals surface area contributed by atoms with Crippen molar-refractivity contribution in [3.05, 3.63) is 24.0 Å². The molecule has 0 spiro atoms. The summed E-state index contributed by atoms with van der Waals surface area (Å²) in [6.07, 6.45) is 3.23. The first-order valence-electron chi connectivity index (χ1n) is 8.08. The van der Waals surface area contributed by atoms with Crippen molar-refractivity contribution >= 4 is 24.0 Å². The Labute approximate surface area is 147 Å². The van der Waals surface area contributed by atoms with E-state index in [0.717, 1.165) is 19.3 Å². The normalized spacial score (nSPS) is 27.6. The van der Waals surface area contributed by atoms with Crippen LogP contribution in [0.4, 0.5) is 10.1 Å². The number of benzene rings is 1. The number of ether oxygens (including phenoxy) is 2. The number of hydrogen-bond donors (Lipinski definition) is 2. The Morgan fingerprint density at radius 2 is 2.08 bits per heavy atom. The quantitative estimate of drug-likeness (QED) is 0.766. The van der Waals surface area contributed by atoms with Crippen molar-refractivity contribution in [1.82, 2.24) is 0 Å². The second-order valence-corrected chi connectivity index (χ2v) is 6.41.